The Kier molecular flexibility index (Phi) is 8.20. The van der Waals surface area contributed by atoms with Gasteiger partial charge in [0.1, 0.15) is 0 Å². The SMILES string of the molecule is CNCCCCCCSC(c1ccccc1)(c1ccccc1)c1ccccc1. The van der Waals surface area contributed by atoms with E-state index >= 15 is 0 Å². The average molecular weight is 390 g/mol. The van der Waals surface area contributed by atoms with E-state index in [1.165, 1.54) is 42.4 Å². The van der Waals surface area contributed by atoms with Gasteiger partial charge in [-0.1, -0.05) is 104 Å². The zero-order valence-corrected chi connectivity index (χ0v) is 17.6. The van der Waals surface area contributed by atoms with E-state index in [9.17, 15) is 0 Å². The number of rotatable bonds is 11. The highest BCUT2D eigenvalue weighted by Gasteiger charge is 2.36. The van der Waals surface area contributed by atoms with Crippen LogP contribution in [0.5, 0.6) is 0 Å². The van der Waals surface area contributed by atoms with Gasteiger partial charge in [0.15, 0.2) is 0 Å². The van der Waals surface area contributed by atoms with Crippen LogP contribution in [0.4, 0.5) is 0 Å². The summed E-state index contributed by atoms with van der Waals surface area (Å²) in [6.07, 6.45) is 5.12. The topological polar surface area (TPSA) is 12.0 Å². The highest BCUT2D eigenvalue weighted by atomic mass is 32.2. The van der Waals surface area contributed by atoms with E-state index in [4.69, 9.17) is 0 Å². The van der Waals surface area contributed by atoms with Crippen molar-refractivity contribution in [2.45, 2.75) is 30.4 Å². The second-order valence-corrected chi connectivity index (χ2v) is 8.45. The predicted molar refractivity (Wildman–Crippen MR) is 124 cm³/mol. The van der Waals surface area contributed by atoms with Gasteiger partial charge in [0, 0.05) is 0 Å². The fourth-order valence-electron chi connectivity index (χ4n) is 3.75. The molecule has 0 heterocycles. The number of thioether (sulfide) groups is 1. The molecule has 0 aliphatic carbocycles. The van der Waals surface area contributed by atoms with E-state index in [1.807, 2.05) is 7.05 Å². The van der Waals surface area contributed by atoms with E-state index in [1.54, 1.807) is 0 Å². The lowest BCUT2D eigenvalue weighted by Gasteiger charge is -2.35. The highest BCUT2D eigenvalue weighted by molar-refractivity contribution is 8.00. The fraction of sp³-hybridized carbons (Fsp3) is 0.308. The zero-order valence-electron chi connectivity index (χ0n) is 16.8. The molecule has 1 nitrogen and oxygen atoms in total. The Morgan fingerprint density at radius 3 is 1.46 bits per heavy atom. The summed E-state index contributed by atoms with van der Waals surface area (Å²) >= 11 is 2.08. The van der Waals surface area contributed by atoms with Crippen LogP contribution < -0.4 is 5.32 Å². The van der Waals surface area contributed by atoms with Gasteiger partial charge < -0.3 is 5.32 Å². The first-order chi connectivity index (χ1) is 13.9. The van der Waals surface area contributed by atoms with Crippen LogP contribution >= 0.6 is 11.8 Å². The lowest BCUT2D eigenvalue weighted by atomic mass is 9.84. The van der Waals surface area contributed by atoms with Crippen LogP contribution in [0.15, 0.2) is 91.0 Å². The maximum atomic E-state index is 3.24. The number of unbranched alkanes of at least 4 members (excludes halogenated alkanes) is 3. The second kappa shape index (κ2) is 11.1. The van der Waals surface area contributed by atoms with Crippen LogP contribution in [0, 0.1) is 0 Å². The van der Waals surface area contributed by atoms with Gasteiger partial charge in [-0.05, 0) is 48.9 Å². The Balaban J connectivity index is 1.91. The summed E-state index contributed by atoms with van der Waals surface area (Å²) in [6.45, 7) is 1.12. The standard InChI is InChI=1S/C26H31NS/c1-27-21-13-2-3-14-22-28-26(23-15-7-4-8-16-23,24-17-9-5-10-18-24)25-19-11-6-12-20-25/h4-12,15-20,27H,2-3,13-14,21-22H2,1H3. The van der Waals surface area contributed by atoms with E-state index in [0.29, 0.717) is 0 Å². The molecule has 146 valence electrons. The minimum Gasteiger partial charge on any atom is -0.320 e. The molecule has 0 radical (unpaired) electrons. The van der Waals surface area contributed by atoms with Crippen LogP contribution in [0.25, 0.3) is 0 Å². The van der Waals surface area contributed by atoms with E-state index in [0.717, 1.165) is 12.3 Å². The molecule has 2 heteroatoms. The van der Waals surface area contributed by atoms with Gasteiger partial charge in [-0.25, -0.2) is 0 Å². The monoisotopic (exact) mass is 389 g/mol. The lowest BCUT2D eigenvalue weighted by molar-refractivity contribution is 0.636. The molecule has 3 rings (SSSR count). The molecule has 0 amide bonds. The molecule has 0 spiro atoms. The lowest BCUT2D eigenvalue weighted by Crippen LogP contribution is -2.26. The summed E-state index contributed by atoms with van der Waals surface area (Å²) in [6, 6.07) is 33.0. The van der Waals surface area contributed by atoms with Crippen molar-refractivity contribution in [2.24, 2.45) is 0 Å². The summed E-state index contributed by atoms with van der Waals surface area (Å²) < 4.78 is -0.172. The third-order valence-corrected chi connectivity index (χ3v) is 6.81. The second-order valence-electron chi connectivity index (χ2n) is 7.15. The maximum Gasteiger partial charge on any atom is 0.0906 e. The van der Waals surface area contributed by atoms with Crippen LogP contribution in [-0.2, 0) is 4.75 Å². The molecule has 28 heavy (non-hydrogen) atoms. The Morgan fingerprint density at radius 1 is 0.607 bits per heavy atom. The summed E-state index contributed by atoms with van der Waals surface area (Å²) in [5.41, 5.74) is 4.06. The van der Waals surface area contributed by atoms with Gasteiger partial charge in [-0.3, -0.25) is 0 Å². The first-order valence-electron chi connectivity index (χ1n) is 10.3. The molecule has 0 atom stereocenters. The molecule has 0 bridgehead atoms. The van der Waals surface area contributed by atoms with Crippen LogP contribution in [0.2, 0.25) is 0 Å². The summed E-state index contributed by atoms with van der Waals surface area (Å²) in [5, 5.41) is 3.24. The molecule has 1 N–H and O–H groups in total. The van der Waals surface area contributed by atoms with Gasteiger partial charge in [-0.15, -0.1) is 11.8 Å². The Bertz CT molecular complexity index is 690. The molecule has 0 fully saturated rings. The van der Waals surface area contributed by atoms with Crippen molar-refractivity contribution >= 4 is 11.8 Å². The van der Waals surface area contributed by atoms with Crippen molar-refractivity contribution in [2.75, 3.05) is 19.3 Å². The van der Waals surface area contributed by atoms with Crippen LogP contribution in [0.1, 0.15) is 42.4 Å². The van der Waals surface area contributed by atoms with Crippen molar-refractivity contribution in [3.63, 3.8) is 0 Å². The fourth-order valence-corrected chi connectivity index (χ4v) is 5.31. The largest absolute Gasteiger partial charge is 0.320 e. The molecular formula is C26H31NS. The highest BCUT2D eigenvalue weighted by Crippen LogP contribution is 2.48. The third kappa shape index (κ3) is 5.06. The van der Waals surface area contributed by atoms with Crippen molar-refractivity contribution in [3.8, 4) is 0 Å². The molecule has 3 aromatic rings. The van der Waals surface area contributed by atoms with Crippen molar-refractivity contribution in [3.05, 3.63) is 108 Å². The Morgan fingerprint density at radius 2 is 1.04 bits per heavy atom. The van der Waals surface area contributed by atoms with Crippen molar-refractivity contribution < 1.29 is 0 Å². The van der Waals surface area contributed by atoms with Gasteiger partial charge in [0.25, 0.3) is 0 Å². The smallest absolute Gasteiger partial charge is 0.0906 e. The molecular weight excluding hydrogens is 358 g/mol. The number of hydrogen-bond donors (Lipinski definition) is 1. The number of hydrogen-bond acceptors (Lipinski definition) is 2. The first kappa shape index (κ1) is 20.7. The normalized spacial score (nSPS) is 11.5. The summed E-state index contributed by atoms with van der Waals surface area (Å²) in [7, 11) is 2.03. The first-order valence-corrected chi connectivity index (χ1v) is 11.3. The maximum absolute atomic E-state index is 3.24. The van der Waals surface area contributed by atoms with Crippen LogP contribution in [0.3, 0.4) is 0 Å². The average Bonchev–Trinajstić information content (AvgIpc) is 2.78. The summed E-state index contributed by atoms with van der Waals surface area (Å²) in [4.78, 5) is 0. The van der Waals surface area contributed by atoms with Crippen LogP contribution in [-0.4, -0.2) is 19.3 Å². The Hall–Kier alpha value is -2.03. The molecule has 0 saturated carbocycles. The quantitative estimate of drug-likeness (QED) is 0.297. The van der Waals surface area contributed by atoms with E-state index in [2.05, 4.69) is 108 Å². The summed E-state index contributed by atoms with van der Waals surface area (Å²) in [5.74, 6) is 1.15. The molecule has 0 aliphatic rings. The molecule has 3 aromatic carbocycles. The minimum atomic E-state index is -0.172. The molecule has 0 unspecified atom stereocenters. The third-order valence-electron chi connectivity index (χ3n) is 5.18. The van der Waals surface area contributed by atoms with Gasteiger partial charge >= 0.3 is 0 Å². The zero-order chi connectivity index (χ0) is 19.5. The van der Waals surface area contributed by atoms with Crippen molar-refractivity contribution in [1.29, 1.82) is 0 Å². The van der Waals surface area contributed by atoms with E-state index < -0.39 is 0 Å². The van der Waals surface area contributed by atoms with Gasteiger partial charge in [0.05, 0.1) is 4.75 Å². The van der Waals surface area contributed by atoms with E-state index in [-0.39, 0.29) is 4.75 Å². The predicted octanol–water partition coefficient (Wildman–Crippen LogP) is 6.49. The molecule has 0 saturated heterocycles. The van der Waals surface area contributed by atoms with Gasteiger partial charge in [-0.2, -0.15) is 0 Å². The number of nitrogens with one attached hydrogen (secondary N) is 1. The van der Waals surface area contributed by atoms with Gasteiger partial charge in [0.2, 0.25) is 0 Å². The number of benzene rings is 3. The Labute approximate surface area is 174 Å². The minimum absolute atomic E-state index is 0.172. The molecule has 0 aliphatic heterocycles. The van der Waals surface area contributed by atoms with Crippen molar-refractivity contribution in [1.82, 2.24) is 5.32 Å². The molecule has 0 aromatic heterocycles.